The van der Waals surface area contributed by atoms with Crippen LogP contribution in [0.2, 0.25) is 0 Å². The SMILES string of the molecule is CCCCn1/c(=C\C=C\C2=[N+](CCCC)c3ccc(CC)c4cccc2c34)c2cccc3c(C)ccc1c32. The van der Waals surface area contributed by atoms with E-state index in [0.717, 1.165) is 19.5 Å². The molecule has 0 unspecified atom stereocenters. The quantitative estimate of drug-likeness (QED) is 0.179. The third-order valence-electron chi connectivity index (χ3n) is 8.42. The first-order valence-electron chi connectivity index (χ1n) is 14.6. The lowest BCUT2D eigenvalue weighted by Gasteiger charge is -2.06. The zero-order valence-corrected chi connectivity index (χ0v) is 23.3. The maximum atomic E-state index is 2.55. The lowest BCUT2D eigenvalue weighted by atomic mass is 9.97. The van der Waals surface area contributed by atoms with Gasteiger partial charge in [0.1, 0.15) is 6.54 Å². The van der Waals surface area contributed by atoms with Crippen LogP contribution in [0.5, 0.6) is 0 Å². The van der Waals surface area contributed by atoms with E-state index in [2.05, 4.69) is 116 Å². The summed E-state index contributed by atoms with van der Waals surface area (Å²) < 4.78 is 5.10. The Balaban J connectivity index is 1.53. The molecule has 0 saturated heterocycles. The molecule has 2 heteroatoms. The highest BCUT2D eigenvalue weighted by Gasteiger charge is 2.30. The Labute approximate surface area is 226 Å². The van der Waals surface area contributed by atoms with Gasteiger partial charge in [-0.15, -0.1) is 0 Å². The minimum absolute atomic E-state index is 1.05. The fourth-order valence-electron chi connectivity index (χ4n) is 6.42. The molecule has 0 aliphatic carbocycles. The number of aromatic nitrogens is 1. The molecule has 38 heavy (non-hydrogen) atoms. The summed E-state index contributed by atoms with van der Waals surface area (Å²) in [6.45, 7) is 11.1. The number of benzene rings is 4. The third kappa shape index (κ3) is 3.89. The molecular weight excluding hydrogens is 460 g/mol. The molecule has 0 bridgehead atoms. The van der Waals surface area contributed by atoms with Crippen LogP contribution < -0.4 is 5.35 Å². The van der Waals surface area contributed by atoms with Crippen LogP contribution in [0.3, 0.4) is 0 Å². The van der Waals surface area contributed by atoms with Crippen LogP contribution >= 0.6 is 0 Å². The van der Waals surface area contributed by atoms with Crippen molar-refractivity contribution in [1.82, 2.24) is 4.57 Å². The molecule has 5 aromatic rings. The standard InChI is InChI=1S/C36H39N2/c1-5-8-23-37-31(29-15-10-13-27-25(4)19-21-33(37)35(27)29)17-12-18-32-30-16-11-14-28-26(7-3)20-22-34(36(28)30)38(32)24-9-6-2/h10-22H,5-9,23-24H2,1-4H3/q+1. The van der Waals surface area contributed by atoms with Gasteiger partial charge in [-0.25, -0.2) is 0 Å². The van der Waals surface area contributed by atoms with Crippen LogP contribution in [0.4, 0.5) is 5.69 Å². The summed E-state index contributed by atoms with van der Waals surface area (Å²) in [5.41, 5.74) is 8.21. The second-order valence-electron chi connectivity index (χ2n) is 10.8. The first kappa shape index (κ1) is 24.7. The van der Waals surface area contributed by atoms with E-state index in [1.54, 1.807) is 0 Å². The van der Waals surface area contributed by atoms with Crippen LogP contribution in [0.1, 0.15) is 63.1 Å². The van der Waals surface area contributed by atoms with Crippen molar-refractivity contribution in [2.75, 3.05) is 6.54 Å². The van der Waals surface area contributed by atoms with Crippen LogP contribution in [-0.2, 0) is 13.0 Å². The van der Waals surface area contributed by atoms with Gasteiger partial charge in [-0.05, 0) is 59.9 Å². The number of rotatable bonds is 9. The fraction of sp³-hybridized carbons (Fsp3) is 0.306. The molecule has 1 aliphatic heterocycles. The second kappa shape index (κ2) is 10.3. The number of aryl methyl sites for hydroxylation is 3. The highest BCUT2D eigenvalue weighted by molar-refractivity contribution is 6.20. The normalized spacial score (nSPS) is 13.9. The Morgan fingerprint density at radius 3 is 2.39 bits per heavy atom. The summed E-state index contributed by atoms with van der Waals surface area (Å²) in [5, 5.41) is 8.30. The number of hydrogen-bond donors (Lipinski definition) is 0. The zero-order valence-electron chi connectivity index (χ0n) is 23.3. The van der Waals surface area contributed by atoms with Crippen molar-refractivity contribution in [1.29, 1.82) is 0 Å². The van der Waals surface area contributed by atoms with Gasteiger partial charge in [0.25, 0.3) is 0 Å². The Morgan fingerprint density at radius 1 is 0.789 bits per heavy atom. The summed E-state index contributed by atoms with van der Waals surface area (Å²) in [7, 11) is 0. The first-order chi connectivity index (χ1) is 18.7. The van der Waals surface area contributed by atoms with Gasteiger partial charge in [0.05, 0.1) is 10.9 Å². The number of unbranched alkanes of at least 4 members (excludes halogenated alkanes) is 2. The third-order valence-corrected chi connectivity index (χ3v) is 8.42. The average molecular weight is 500 g/mol. The van der Waals surface area contributed by atoms with Crippen molar-refractivity contribution >= 4 is 49.9 Å². The van der Waals surface area contributed by atoms with E-state index in [1.165, 1.54) is 91.6 Å². The van der Waals surface area contributed by atoms with Crippen molar-refractivity contribution < 1.29 is 4.58 Å². The van der Waals surface area contributed by atoms with Crippen LogP contribution in [0.25, 0.3) is 38.5 Å². The minimum Gasteiger partial charge on any atom is -0.340 e. The largest absolute Gasteiger partial charge is 0.340 e. The molecule has 4 aromatic carbocycles. The summed E-state index contributed by atoms with van der Waals surface area (Å²) in [5.74, 6) is 0. The van der Waals surface area contributed by atoms with E-state index in [9.17, 15) is 0 Å². The van der Waals surface area contributed by atoms with Crippen LogP contribution in [0, 0.1) is 6.92 Å². The summed E-state index contributed by atoms with van der Waals surface area (Å²) >= 11 is 0. The van der Waals surface area contributed by atoms with E-state index in [0.29, 0.717) is 0 Å². The molecular formula is C36H39N2+. The average Bonchev–Trinajstić information content (AvgIpc) is 3.42. The summed E-state index contributed by atoms with van der Waals surface area (Å²) in [4.78, 5) is 0. The van der Waals surface area contributed by atoms with Gasteiger partial charge in [-0.1, -0.05) is 82.2 Å². The summed E-state index contributed by atoms with van der Waals surface area (Å²) in [6.07, 6.45) is 12.8. The predicted molar refractivity (Wildman–Crippen MR) is 165 cm³/mol. The second-order valence-corrected chi connectivity index (χ2v) is 10.8. The fourth-order valence-corrected chi connectivity index (χ4v) is 6.42. The zero-order chi connectivity index (χ0) is 26.2. The van der Waals surface area contributed by atoms with Gasteiger partial charge in [-0.3, -0.25) is 0 Å². The first-order valence-corrected chi connectivity index (χ1v) is 14.6. The highest BCUT2D eigenvalue weighted by atomic mass is 15.0. The van der Waals surface area contributed by atoms with Crippen molar-refractivity contribution in [2.45, 2.75) is 66.3 Å². The minimum atomic E-state index is 1.05. The Bertz CT molecular complexity index is 1780. The maximum absolute atomic E-state index is 2.55. The van der Waals surface area contributed by atoms with E-state index in [-0.39, 0.29) is 0 Å². The molecule has 1 aromatic heterocycles. The van der Waals surface area contributed by atoms with E-state index >= 15 is 0 Å². The Hall–Kier alpha value is -3.65. The van der Waals surface area contributed by atoms with Gasteiger partial charge < -0.3 is 4.57 Å². The highest BCUT2D eigenvalue weighted by Crippen LogP contribution is 2.37. The van der Waals surface area contributed by atoms with Gasteiger partial charge in [0.15, 0.2) is 0 Å². The van der Waals surface area contributed by atoms with E-state index < -0.39 is 0 Å². The smallest absolute Gasteiger partial charge is 0.214 e. The number of allylic oxidation sites excluding steroid dienone is 2. The van der Waals surface area contributed by atoms with E-state index in [4.69, 9.17) is 0 Å². The van der Waals surface area contributed by atoms with Crippen molar-refractivity contribution in [2.24, 2.45) is 0 Å². The maximum Gasteiger partial charge on any atom is 0.214 e. The molecule has 0 saturated carbocycles. The van der Waals surface area contributed by atoms with Crippen molar-refractivity contribution in [3.63, 3.8) is 0 Å². The molecule has 0 N–H and O–H groups in total. The molecule has 0 radical (unpaired) electrons. The Morgan fingerprint density at radius 2 is 1.58 bits per heavy atom. The molecule has 2 nitrogen and oxygen atoms in total. The molecule has 0 spiro atoms. The van der Waals surface area contributed by atoms with E-state index in [1.807, 2.05) is 0 Å². The van der Waals surface area contributed by atoms with Gasteiger partial charge >= 0.3 is 0 Å². The lowest BCUT2D eigenvalue weighted by Crippen LogP contribution is -2.16. The van der Waals surface area contributed by atoms with Crippen LogP contribution in [-0.4, -0.2) is 21.4 Å². The monoisotopic (exact) mass is 499 g/mol. The lowest BCUT2D eigenvalue weighted by molar-refractivity contribution is -0.436. The molecule has 6 rings (SSSR count). The predicted octanol–water partition coefficient (Wildman–Crippen LogP) is 8.62. The molecule has 2 heterocycles. The van der Waals surface area contributed by atoms with Crippen molar-refractivity contribution in [3.8, 4) is 0 Å². The summed E-state index contributed by atoms with van der Waals surface area (Å²) in [6, 6.07) is 22.9. The molecule has 192 valence electrons. The molecule has 0 atom stereocenters. The van der Waals surface area contributed by atoms with Gasteiger partial charge in [0, 0.05) is 46.7 Å². The van der Waals surface area contributed by atoms with Crippen molar-refractivity contribution in [3.05, 3.63) is 94.9 Å². The Kier molecular flexibility index (Phi) is 6.66. The topological polar surface area (TPSA) is 7.94 Å². The molecule has 0 fully saturated rings. The molecule has 0 amide bonds. The van der Waals surface area contributed by atoms with Gasteiger partial charge in [-0.2, -0.15) is 4.58 Å². The van der Waals surface area contributed by atoms with Gasteiger partial charge in [0.2, 0.25) is 11.4 Å². The molecule has 1 aliphatic rings. The number of nitrogens with zero attached hydrogens (tertiary/aromatic N) is 2. The van der Waals surface area contributed by atoms with Crippen LogP contribution in [0.15, 0.2) is 72.8 Å². The number of hydrogen-bond acceptors (Lipinski definition) is 0.